The average molecular weight is 381 g/mol. The third-order valence-electron chi connectivity index (χ3n) is 5.68. The van der Waals surface area contributed by atoms with Gasteiger partial charge in [0.1, 0.15) is 23.5 Å². The highest BCUT2D eigenvalue weighted by Crippen LogP contribution is 2.39. The molecule has 1 aromatic carbocycles. The number of hydrogen-bond donors (Lipinski definition) is 0. The van der Waals surface area contributed by atoms with E-state index < -0.39 is 8.32 Å². The Balaban J connectivity index is 2.15. The molecule has 1 aliphatic rings. The summed E-state index contributed by atoms with van der Waals surface area (Å²) in [7, 11) is -1.95. The molecule has 1 aliphatic heterocycles. The number of halogens is 1. The minimum absolute atomic E-state index is 0.0338. The lowest BCUT2D eigenvalue weighted by molar-refractivity contribution is -0.117. The normalized spacial score (nSPS) is 18.8. The number of Topliss-reactive ketones (excluding diaryl/α,β-unsaturated/α-hetero) is 1. The monoisotopic (exact) mass is 380 g/mol. The lowest BCUT2D eigenvalue weighted by Crippen LogP contribution is -2.49. The molecule has 0 saturated carbocycles. The van der Waals surface area contributed by atoms with E-state index in [1.165, 1.54) is 6.07 Å². The molecule has 0 aliphatic carbocycles. The predicted octanol–water partition coefficient (Wildman–Crippen LogP) is 5.67. The van der Waals surface area contributed by atoms with Gasteiger partial charge in [0.15, 0.2) is 8.32 Å². The number of ether oxygens (including phenoxy) is 1. The lowest BCUT2D eigenvalue weighted by atomic mass is 9.96. The minimum Gasteiger partial charge on any atom is -0.487 e. The third-order valence-corrected chi connectivity index (χ3v) is 10.2. The standard InChI is InChI=1S/C21H33FO3Si/c1-15(23)8-7-9-20(25-26(5,6)21(2,3)4)19-12-10-16-14-17(22)11-13-18(16)24-19/h11,13-14,19-20H,7-10,12H2,1-6H3/t19?,20-/m1/s1. The van der Waals surface area contributed by atoms with Gasteiger partial charge in [0.2, 0.25) is 0 Å². The molecular formula is C21H33FO3Si. The second kappa shape index (κ2) is 8.22. The molecule has 0 saturated heterocycles. The molecular weight excluding hydrogens is 347 g/mol. The van der Waals surface area contributed by atoms with E-state index in [-0.39, 0.29) is 28.8 Å². The van der Waals surface area contributed by atoms with Gasteiger partial charge in [-0.15, -0.1) is 0 Å². The molecule has 0 spiro atoms. The highest BCUT2D eigenvalue weighted by atomic mass is 28.4. The summed E-state index contributed by atoms with van der Waals surface area (Å²) in [6.45, 7) is 12.8. The highest BCUT2D eigenvalue weighted by molar-refractivity contribution is 6.74. The van der Waals surface area contributed by atoms with Crippen molar-refractivity contribution in [1.29, 1.82) is 0 Å². The summed E-state index contributed by atoms with van der Waals surface area (Å²) in [6.07, 6.45) is 3.73. The fraction of sp³-hybridized carbons (Fsp3) is 0.667. The van der Waals surface area contributed by atoms with Crippen LogP contribution >= 0.6 is 0 Å². The maximum absolute atomic E-state index is 13.4. The van der Waals surface area contributed by atoms with Gasteiger partial charge in [-0.2, -0.15) is 0 Å². The Bertz CT molecular complexity index is 637. The molecule has 5 heteroatoms. The molecule has 146 valence electrons. The van der Waals surface area contributed by atoms with Gasteiger partial charge in [0, 0.05) is 6.42 Å². The maximum atomic E-state index is 13.4. The molecule has 3 nitrogen and oxygen atoms in total. The molecule has 1 aromatic rings. The maximum Gasteiger partial charge on any atom is 0.192 e. The van der Waals surface area contributed by atoms with E-state index in [9.17, 15) is 9.18 Å². The van der Waals surface area contributed by atoms with Gasteiger partial charge in [-0.05, 0) is 74.5 Å². The molecule has 0 bridgehead atoms. The number of carbonyl (C=O) groups excluding carboxylic acids is 1. The second-order valence-corrected chi connectivity index (χ2v) is 13.7. The van der Waals surface area contributed by atoms with Crippen LogP contribution in [0.1, 0.15) is 58.9 Å². The van der Waals surface area contributed by atoms with E-state index in [1.54, 1.807) is 19.1 Å². The first-order chi connectivity index (χ1) is 12.0. The largest absolute Gasteiger partial charge is 0.487 e. The smallest absolute Gasteiger partial charge is 0.192 e. The minimum atomic E-state index is -1.95. The van der Waals surface area contributed by atoms with Crippen LogP contribution in [-0.2, 0) is 15.6 Å². The van der Waals surface area contributed by atoms with Crippen molar-refractivity contribution in [2.75, 3.05) is 0 Å². The first-order valence-corrected chi connectivity index (χ1v) is 12.5. The Kier molecular flexibility index (Phi) is 6.67. The van der Waals surface area contributed by atoms with Crippen LogP contribution in [-0.4, -0.2) is 26.3 Å². The zero-order valence-electron chi connectivity index (χ0n) is 17.0. The number of aryl methyl sites for hydroxylation is 1. The van der Waals surface area contributed by atoms with E-state index in [1.807, 2.05) is 0 Å². The summed E-state index contributed by atoms with van der Waals surface area (Å²) in [5, 5.41) is 0.113. The quantitative estimate of drug-likeness (QED) is 0.572. The number of rotatable bonds is 7. The van der Waals surface area contributed by atoms with E-state index in [2.05, 4.69) is 33.9 Å². The van der Waals surface area contributed by atoms with Crippen LogP contribution in [0.5, 0.6) is 5.75 Å². The van der Waals surface area contributed by atoms with Crippen LogP contribution in [0.15, 0.2) is 18.2 Å². The Morgan fingerprint density at radius 1 is 1.38 bits per heavy atom. The van der Waals surface area contributed by atoms with Crippen LogP contribution in [0.4, 0.5) is 4.39 Å². The fourth-order valence-electron chi connectivity index (χ4n) is 3.07. The number of benzene rings is 1. The summed E-state index contributed by atoms with van der Waals surface area (Å²) >= 11 is 0. The molecule has 1 unspecified atom stereocenters. The Labute approximate surface area is 158 Å². The highest BCUT2D eigenvalue weighted by Gasteiger charge is 2.41. The van der Waals surface area contributed by atoms with Crippen LogP contribution in [0.2, 0.25) is 18.1 Å². The Morgan fingerprint density at radius 3 is 2.69 bits per heavy atom. The van der Waals surface area contributed by atoms with Gasteiger partial charge in [-0.25, -0.2) is 4.39 Å². The first-order valence-electron chi connectivity index (χ1n) is 9.62. The summed E-state index contributed by atoms with van der Waals surface area (Å²) in [4.78, 5) is 11.3. The third kappa shape index (κ3) is 5.40. The van der Waals surface area contributed by atoms with Crippen molar-refractivity contribution in [3.8, 4) is 5.75 Å². The van der Waals surface area contributed by atoms with Crippen molar-refractivity contribution in [3.05, 3.63) is 29.6 Å². The van der Waals surface area contributed by atoms with Gasteiger partial charge >= 0.3 is 0 Å². The van der Waals surface area contributed by atoms with Gasteiger partial charge in [0.25, 0.3) is 0 Å². The first kappa shape index (κ1) is 21.1. The van der Waals surface area contributed by atoms with Gasteiger partial charge in [-0.1, -0.05) is 20.8 Å². The van der Waals surface area contributed by atoms with Crippen molar-refractivity contribution >= 4 is 14.1 Å². The van der Waals surface area contributed by atoms with E-state index in [4.69, 9.17) is 9.16 Å². The summed E-state index contributed by atoms with van der Waals surface area (Å²) in [5.74, 6) is 0.751. The SMILES string of the molecule is CC(=O)CCC[C@@H](O[Si](C)(C)C(C)(C)C)C1CCc2cc(F)ccc2O1. The van der Waals surface area contributed by atoms with E-state index in [0.29, 0.717) is 6.42 Å². The number of hydrogen-bond acceptors (Lipinski definition) is 3. The fourth-order valence-corrected chi connectivity index (χ4v) is 4.45. The molecule has 0 amide bonds. The molecule has 2 rings (SSSR count). The Morgan fingerprint density at radius 2 is 2.08 bits per heavy atom. The lowest BCUT2D eigenvalue weighted by Gasteiger charge is -2.42. The van der Waals surface area contributed by atoms with Gasteiger partial charge in [0.05, 0.1) is 6.10 Å². The molecule has 0 radical (unpaired) electrons. The van der Waals surface area contributed by atoms with Crippen LogP contribution in [0.25, 0.3) is 0 Å². The molecule has 0 N–H and O–H groups in total. The van der Waals surface area contributed by atoms with Crippen molar-refractivity contribution < 1.29 is 18.3 Å². The van der Waals surface area contributed by atoms with Crippen LogP contribution in [0.3, 0.4) is 0 Å². The number of ketones is 1. The van der Waals surface area contributed by atoms with Crippen molar-refractivity contribution in [2.45, 2.75) is 90.1 Å². The predicted molar refractivity (Wildman–Crippen MR) is 106 cm³/mol. The summed E-state index contributed by atoms with van der Waals surface area (Å²) in [6, 6.07) is 4.72. The zero-order chi connectivity index (χ0) is 19.5. The van der Waals surface area contributed by atoms with Crippen molar-refractivity contribution in [2.24, 2.45) is 0 Å². The van der Waals surface area contributed by atoms with Crippen molar-refractivity contribution in [1.82, 2.24) is 0 Å². The van der Waals surface area contributed by atoms with E-state index in [0.717, 1.165) is 37.0 Å². The number of fused-ring (bicyclic) bond motifs is 1. The average Bonchev–Trinajstić information content (AvgIpc) is 2.52. The van der Waals surface area contributed by atoms with Crippen LogP contribution < -0.4 is 4.74 Å². The zero-order valence-corrected chi connectivity index (χ0v) is 18.0. The molecule has 0 aromatic heterocycles. The van der Waals surface area contributed by atoms with Crippen molar-refractivity contribution in [3.63, 3.8) is 0 Å². The molecule has 26 heavy (non-hydrogen) atoms. The van der Waals surface area contributed by atoms with Gasteiger partial charge in [-0.3, -0.25) is 0 Å². The van der Waals surface area contributed by atoms with Gasteiger partial charge < -0.3 is 14.0 Å². The summed E-state index contributed by atoms with van der Waals surface area (Å²) in [5.41, 5.74) is 0.927. The Hall–Kier alpha value is -1.20. The van der Waals surface area contributed by atoms with E-state index >= 15 is 0 Å². The van der Waals surface area contributed by atoms with Crippen LogP contribution in [0, 0.1) is 5.82 Å². The number of carbonyl (C=O) groups is 1. The molecule has 2 atom stereocenters. The summed E-state index contributed by atoms with van der Waals surface area (Å²) < 4.78 is 26.3. The molecule has 0 fully saturated rings. The topological polar surface area (TPSA) is 35.5 Å². The molecule has 1 heterocycles. The second-order valence-electron chi connectivity index (χ2n) is 8.96.